The van der Waals surface area contributed by atoms with Gasteiger partial charge in [-0.3, -0.25) is 0 Å². The molecule has 1 atom stereocenters. The Morgan fingerprint density at radius 3 is 3.05 bits per heavy atom. The third-order valence-corrected chi connectivity index (χ3v) is 4.37. The molecule has 2 N–H and O–H groups in total. The number of aryl methyl sites for hydroxylation is 1. The Bertz CT molecular complexity index is 715. The number of anilines is 1. The summed E-state index contributed by atoms with van der Waals surface area (Å²) in [7, 11) is 0. The Morgan fingerprint density at radius 1 is 1.24 bits per heavy atom. The summed E-state index contributed by atoms with van der Waals surface area (Å²) < 4.78 is 11.1. The largest absolute Gasteiger partial charge is 0.454 e. The van der Waals surface area contributed by atoms with Gasteiger partial charge in [-0.2, -0.15) is 0 Å². The number of para-hydroxylation sites is 1. The quantitative estimate of drug-likeness (QED) is 0.870. The molecule has 0 radical (unpaired) electrons. The van der Waals surface area contributed by atoms with Crippen molar-refractivity contribution in [2.24, 2.45) is 0 Å². The fourth-order valence-electron chi connectivity index (χ4n) is 3.37. The van der Waals surface area contributed by atoms with Gasteiger partial charge in [-0.15, -0.1) is 0 Å². The van der Waals surface area contributed by atoms with Gasteiger partial charge in [-0.05, 0) is 43.7 Å². The maximum Gasteiger partial charge on any atom is 0.231 e. The number of aromatic nitrogens is 2. The van der Waals surface area contributed by atoms with Gasteiger partial charge in [0.25, 0.3) is 0 Å². The lowest BCUT2D eigenvalue weighted by atomic mass is 9.81. The molecular formula is C16H17N3O2. The van der Waals surface area contributed by atoms with E-state index in [2.05, 4.69) is 16.0 Å². The minimum absolute atomic E-state index is 0.309. The minimum atomic E-state index is 0.309. The molecule has 108 valence electrons. The number of rotatable bonds is 1. The first-order valence-electron chi connectivity index (χ1n) is 7.22. The predicted octanol–water partition coefficient (Wildman–Crippen LogP) is 2.37. The topological polar surface area (TPSA) is 70.3 Å². The van der Waals surface area contributed by atoms with Gasteiger partial charge in [0, 0.05) is 11.3 Å². The van der Waals surface area contributed by atoms with Crippen LogP contribution in [0.2, 0.25) is 0 Å². The summed E-state index contributed by atoms with van der Waals surface area (Å²) in [4.78, 5) is 8.70. The lowest BCUT2D eigenvalue weighted by Gasteiger charge is -2.25. The summed E-state index contributed by atoms with van der Waals surface area (Å²) >= 11 is 0. The smallest absolute Gasteiger partial charge is 0.231 e. The molecule has 2 aliphatic rings. The van der Waals surface area contributed by atoms with Crippen molar-refractivity contribution < 1.29 is 9.47 Å². The van der Waals surface area contributed by atoms with Crippen LogP contribution in [-0.4, -0.2) is 16.8 Å². The highest BCUT2D eigenvalue weighted by Gasteiger charge is 2.28. The summed E-state index contributed by atoms with van der Waals surface area (Å²) in [5, 5.41) is 0. The van der Waals surface area contributed by atoms with E-state index in [1.165, 1.54) is 11.1 Å². The number of fused-ring (bicyclic) bond motifs is 2. The Hall–Kier alpha value is -2.30. The number of benzene rings is 1. The second kappa shape index (κ2) is 4.62. The monoisotopic (exact) mass is 283 g/mol. The molecular weight excluding hydrogens is 266 g/mol. The van der Waals surface area contributed by atoms with Gasteiger partial charge in [-0.25, -0.2) is 9.97 Å². The highest BCUT2D eigenvalue weighted by atomic mass is 16.7. The molecule has 2 aromatic rings. The molecule has 0 bridgehead atoms. The van der Waals surface area contributed by atoms with Crippen molar-refractivity contribution in [1.82, 2.24) is 9.97 Å². The average Bonchev–Trinajstić information content (AvgIpc) is 2.94. The average molecular weight is 283 g/mol. The summed E-state index contributed by atoms with van der Waals surface area (Å²) in [5.41, 5.74) is 10.3. The Balaban J connectivity index is 1.72. The van der Waals surface area contributed by atoms with Crippen molar-refractivity contribution in [3.63, 3.8) is 0 Å². The van der Waals surface area contributed by atoms with E-state index < -0.39 is 0 Å². The van der Waals surface area contributed by atoms with Crippen LogP contribution in [0.25, 0.3) is 0 Å². The molecule has 1 aromatic carbocycles. The molecule has 0 amide bonds. The normalized spacial score (nSPS) is 19.4. The van der Waals surface area contributed by atoms with Crippen LogP contribution < -0.4 is 15.2 Å². The molecule has 5 nitrogen and oxygen atoms in total. The Labute approximate surface area is 123 Å². The molecule has 1 aliphatic heterocycles. The van der Waals surface area contributed by atoms with Crippen molar-refractivity contribution in [2.75, 3.05) is 12.5 Å². The van der Waals surface area contributed by atoms with Crippen molar-refractivity contribution in [3.8, 4) is 11.5 Å². The van der Waals surface area contributed by atoms with E-state index in [0.29, 0.717) is 18.7 Å². The van der Waals surface area contributed by atoms with Gasteiger partial charge < -0.3 is 15.2 Å². The number of hydrogen-bond donors (Lipinski definition) is 1. The molecule has 2 heterocycles. The van der Waals surface area contributed by atoms with Crippen LogP contribution in [0, 0.1) is 6.92 Å². The standard InChI is InChI=1S/C16H17N3O2/c1-9-11-6-5-10(7-13(11)19-16(17)18-9)12-3-2-4-14-15(12)21-8-20-14/h2-4,10H,5-8H2,1H3,(H2,17,18,19). The van der Waals surface area contributed by atoms with E-state index in [1.807, 2.05) is 19.1 Å². The minimum Gasteiger partial charge on any atom is -0.454 e. The van der Waals surface area contributed by atoms with E-state index in [0.717, 1.165) is 42.1 Å². The van der Waals surface area contributed by atoms with E-state index >= 15 is 0 Å². The molecule has 0 spiro atoms. The molecule has 1 aliphatic carbocycles. The van der Waals surface area contributed by atoms with Gasteiger partial charge in [0.1, 0.15) is 0 Å². The summed E-state index contributed by atoms with van der Waals surface area (Å²) in [5.74, 6) is 2.49. The van der Waals surface area contributed by atoms with Crippen LogP contribution in [0.5, 0.6) is 11.5 Å². The van der Waals surface area contributed by atoms with Gasteiger partial charge in [0.15, 0.2) is 11.5 Å². The van der Waals surface area contributed by atoms with Gasteiger partial charge in [0.05, 0.1) is 5.69 Å². The van der Waals surface area contributed by atoms with Crippen LogP contribution in [0.15, 0.2) is 18.2 Å². The fourth-order valence-corrected chi connectivity index (χ4v) is 3.37. The molecule has 0 saturated heterocycles. The molecule has 0 saturated carbocycles. The Morgan fingerprint density at radius 2 is 2.14 bits per heavy atom. The molecule has 1 unspecified atom stereocenters. The second-order valence-corrected chi connectivity index (χ2v) is 5.61. The lowest BCUT2D eigenvalue weighted by molar-refractivity contribution is 0.173. The van der Waals surface area contributed by atoms with E-state index in [-0.39, 0.29) is 0 Å². The van der Waals surface area contributed by atoms with Crippen molar-refractivity contribution in [3.05, 3.63) is 40.7 Å². The highest BCUT2D eigenvalue weighted by molar-refractivity contribution is 5.50. The second-order valence-electron chi connectivity index (χ2n) is 5.61. The van der Waals surface area contributed by atoms with Crippen molar-refractivity contribution >= 4 is 5.95 Å². The van der Waals surface area contributed by atoms with Crippen LogP contribution in [-0.2, 0) is 12.8 Å². The van der Waals surface area contributed by atoms with Gasteiger partial charge >= 0.3 is 0 Å². The number of hydrogen-bond acceptors (Lipinski definition) is 5. The van der Waals surface area contributed by atoms with Crippen LogP contribution in [0.3, 0.4) is 0 Å². The molecule has 1 aromatic heterocycles. The molecule has 21 heavy (non-hydrogen) atoms. The first-order chi connectivity index (χ1) is 10.2. The number of nitrogen functional groups attached to an aromatic ring is 1. The first-order valence-corrected chi connectivity index (χ1v) is 7.22. The van der Waals surface area contributed by atoms with Crippen LogP contribution in [0.1, 0.15) is 34.9 Å². The highest BCUT2D eigenvalue weighted by Crippen LogP contribution is 2.43. The zero-order valence-electron chi connectivity index (χ0n) is 11.9. The van der Waals surface area contributed by atoms with Crippen molar-refractivity contribution in [1.29, 1.82) is 0 Å². The Kier molecular flexibility index (Phi) is 2.74. The van der Waals surface area contributed by atoms with Gasteiger partial charge in [-0.1, -0.05) is 12.1 Å². The lowest BCUT2D eigenvalue weighted by Crippen LogP contribution is -2.18. The predicted molar refractivity (Wildman–Crippen MR) is 78.5 cm³/mol. The maximum atomic E-state index is 5.79. The van der Waals surface area contributed by atoms with E-state index in [1.54, 1.807) is 0 Å². The number of ether oxygens (including phenoxy) is 2. The van der Waals surface area contributed by atoms with Crippen LogP contribution in [0.4, 0.5) is 5.95 Å². The van der Waals surface area contributed by atoms with E-state index in [4.69, 9.17) is 15.2 Å². The van der Waals surface area contributed by atoms with E-state index in [9.17, 15) is 0 Å². The third kappa shape index (κ3) is 2.00. The van der Waals surface area contributed by atoms with Crippen LogP contribution >= 0.6 is 0 Å². The zero-order valence-corrected chi connectivity index (χ0v) is 11.9. The fraction of sp³-hybridized carbons (Fsp3) is 0.375. The summed E-state index contributed by atoms with van der Waals surface area (Å²) in [6.45, 7) is 2.32. The number of nitrogens with two attached hydrogens (primary N) is 1. The maximum absolute atomic E-state index is 5.79. The molecule has 0 fully saturated rings. The molecule has 5 heteroatoms. The van der Waals surface area contributed by atoms with Crippen molar-refractivity contribution in [2.45, 2.75) is 32.1 Å². The SMILES string of the molecule is Cc1nc(N)nc2c1CCC(c1cccc3c1OCO3)C2. The molecule has 4 rings (SSSR count). The first kappa shape index (κ1) is 12.4. The summed E-state index contributed by atoms with van der Waals surface area (Å²) in [6, 6.07) is 6.10. The van der Waals surface area contributed by atoms with Gasteiger partial charge in [0.2, 0.25) is 12.7 Å². The zero-order chi connectivity index (χ0) is 14.4. The third-order valence-electron chi connectivity index (χ3n) is 4.37. The summed E-state index contributed by atoms with van der Waals surface area (Å²) in [6.07, 6.45) is 2.93. The number of nitrogens with zero attached hydrogens (tertiary/aromatic N) is 2.